The van der Waals surface area contributed by atoms with Crippen LogP contribution in [-0.2, 0) is 14.3 Å². The van der Waals surface area contributed by atoms with Gasteiger partial charge in [0.2, 0.25) is 0 Å². The van der Waals surface area contributed by atoms with Gasteiger partial charge in [0.15, 0.2) is 0 Å². The zero-order valence-electron chi connectivity index (χ0n) is 12.3. The molecule has 0 aromatic heterocycles. The van der Waals surface area contributed by atoms with Crippen LogP contribution in [0.25, 0.3) is 0 Å². The van der Waals surface area contributed by atoms with Crippen molar-refractivity contribution in [2.45, 2.75) is 51.7 Å². The molecule has 3 N–H and O–H groups in total. The Kier molecular flexibility index (Phi) is 5.21. The minimum atomic E-state index is -1.54. The zero-order valence-corrected chi connectivity index (χ0v) is 12.3. The van der Waals surface area contributed by atoms with Gasteiger partial charge in [0, 0.05) is 12.5 Å². The smallest absolute Gasteiger partial charge is 0.472 e. The molecule has 0 heterocycles. The van der Waals surface area contributed by atoms with E-state index in [9.17, 15) is 14.4 Å². The number of carboxylic acids is 1. The number of nitrogens with one attached hydrogen (secondary N) is 2. The number of amides is 1. The maximum Gasteiger partial charge on any atom is 0.490 e. The molecule has 0 aromatic rings. The van der Waals surface area contributed by atoms with Gasteiger partial charge in [-0.1, -0.05) is 0 Å². The van der Waals surface area contributed by atoms with Gasteiger partial charge in [0.25, 0.3) is 5.78 Å². The quantitative estimate of drug-likeness (QED) is 0.291. The van der Waals surface area contributed by atoms with Gasteiger partial charge in [0.05, 0.1) is 10.3 Å². The van der Waals surface area contributed by atoms with E-state index in [2.05, 4.69) is 10.1 Å². The van der Waals surface area contributed by atoms with Crippen LogP contribution in [0.4, 0.5) is 4.79 Å². The number of carboxylic acid groups (broad SMARTS) is 1. The van der Waals surface area contributed by atoms with E-state index in [0.29, 0.717) is 0 Å². The van der Waals surface area contributed by atoms with Crippen molar-refractivity contribution in [3.8, 4) is 0 Å². The van der Waals surface area contributed by atoms with Crippen LogP contribution < -0.4 is 5.32 Å². The fourth-order valence-electron chi connectivity index (χ4n) is 1.82. The van der Waals surface area contributed by atoms with Crippen molar-refractivity contribution in [3.63, 3.8) is 0 Å². The molecule has 0 bridgehead atoms. The fourth-order valence-corrected chi connectivity index (χ4v) is 1.82. The first-order valence-corrected chi connectivity index (χ1v) is 6.64. The standard InChI is InChI=1S/C13H19N3O5/c1-13(2,3)21-12(20)15-8(7-4-5-7)6-9(17)10(16-14)11(18)19/h7-8,14H,4-6H2,1-3H3,(H-,15,18,19,20)/p+1. The summed E-state index contributed by atoms with van der Waals surface area (Å²) in [7, 11) is 0. The third-order valence-electron chi connectivity index (χ3n) is 2.88. The van der Waals surface area contributed by atoms with Gasteiger partial charge >= 0.3 is 17.8 Å². The van der Waals surface area contributed by atoms with Crippen LogP contribution in [-0.4, -0.2) is 45.1 Å². The molecule has 0 radical (unpaired) electrons. The van der Waals surface area contributed by atoms with Crippen LogP contribution in [0.5, 0.6) is 0 Å². The Hall–Kier alpha value is -2.21. The topological polar surface area (TPSA) is 131 Å². The van der Waals surface area contributed by atoms with Crippen molar-refractivity contribution < 1.29 is 29.0 Å². The summed E-state index contributed by atoms with van der Waals surface area (Å²) in [6.07, 6.45) is 0.864. The van der Waals surface area contributed by atoms with E-state index in [4.69, 9.17) is 15.4 Å². The van der Waals surface area contributed by atoms with E-state index in [1.807, 2.05) is 0 Å². The van der Waals surface area contributed by atoms with E-state index < -0.39 is 35.2 Å². The van der Waals surface area contributed by atoms with Crippen LogP contribution in [0, 0.1) is 11.4 Å². The number of hydrogen-bond acceptors (Lipinski definition) is 5. The molecule has 1 fully saturated rings. The van der Waals surface area contributed by atoms with Gasteiger partial charge in [-0.25, -0.2) is 9.59 Å². The molecule has 1 aliphatic rings. The van der Waals surface area contributed by atoms with Gasteiger partial charge in [-0.2, -0.15) is 0 Å². The van der Waals surface area contributed by atoms with Gasteiger partial charge in [0.1, 0.15) is 5.60 Å². The average molecular weight is 298 g/mol. The molecule has 0 aliphatic heterocycles. The number of rotatable bonds is 6. The van der Waals surface area contributed by atoms with E-state index >= 15 is 0 Å². The average Bonchev–Trinajstić information content (AvgIpc) is 3.09. The van der Waals surface area contributed by atoms with Crippen LogP contribution in [0.3, 0.4) is 0 Å². The third-order valence-corrected chi connectivity index (χ3v) is 2.88. The number of aliphatic carboxylic acids is 1. The van der Waals surface area contributed by atoms with Gasteiger partial charge in [-0.15, -0.1) is 0 Å². The number of alkyl carbamates (subject to hydrolysis) is 1. The molecule has 0 aromatic carbocycles. The molecule has 21 heavy (non-hydrogen) atoms. The maximum atomic E-state index is 11.8. The summed E-state index contributed by atoms with van der Waals surface area (Å²) in [6.45, 7) is 5.16. The predicted octanol–water partition coefficient (Wildman–Crippen LogP) is 1.01. The Morgan fingerprint density at radius 1 is 1.38 bits per heavy atom. The lowest BCUT2D eigenvalue weighted by Gasteiger charge is -2.23. The molecule has 1 rings (SSSR count). The molecular weight excluding hydrogens is 278 g/mol. The van der Waals surface area contributed by atoms with Crippen LogP contribution >= 0.6 is 0 Å². The van der Waals surface area contributed by atoms with Crippen molar-refractivity contribution in [1.82, 2.24) is 5.32 Å². The molecule has 1 unspecified atom stereocenters. The summed E-state index contributed by atoms with van der Waals surface area (Å²) < 4.78 is 5.12. The second-order valence-electron chi connectivity index (χ2n) is 5.98. The second kappa shape index (κ2) is 6.49. The Labute approximate surface area is 122 Å². The minimum absolute atomic E-state index is 0.127. The highest BCUT2D eigenvalue weighted by atomic mass is 16.6. The number of carbonyl (C=O) groups is 3. The molecule has 8 heteroatoms. The van der Waals surface area contributed by atoms with Gasteiger partial charge in [-0.05, 0) is 39.5 Å². The molecule has 8 nitrogen and oxygen atoms in total. The van der Waals surface area contributed by atoms with Crippen molar-refractivity contribution in [2.24, 2.45) is 5.92 Å². The van der Waals surface area contributed by atoms with E-state index in [1.165, 1.54) is 0 Å². The third kappa shape index (κ3) is 5.74. The Morgan fingerprint density at radius 3 is 2.33 bits per heavy atom. The highest BCUT2D eigenvalue weighted by Crippen LogP contribution is 2.34. The van der Waals surface area contributed by atoms with E-state index in [-0.39, 0.29) is 12.3 Å². The maximum absolute atomic E-state index is 11.8. The lowest BCUT2D eigenvalue weighted by Crippen LogP contribution is -2.42. The summed E-state index contributed by atoms with van der Waals surface area (Å²) >= 11 is 0. The molecule has 0 saturated heterocycles. The Balaban J connectivity index is 2.67. The summed E-state index contributed by atoms with van der Waals surface area (Å²) in [6, 6.07) is -0.497. The first-order chi connectivity index (χ1) is 9.64. The first-order valence-electron chi connectivity index (χ1n) is 6.64. The lowest BCUT2D eigenvalue weighted by atomic mass is 10.0. The molecule has 1 aliphatic carbocycles. The number of ether oxygens (including phenoxy) is 1. The molecule has 1 amide bonds. The normalized spacial score (nSPS) is 15.6. The molecule has 116 valence electrons. The van der Waals surface area contributed by atoms with Crippen LogP contribution in [0.2, 0.25) is 0 Å². The van der Waals surface area contributed by atoms with Gasteiger partial charge < -0.3 is 15.2 Å². The lowest BCUT2D eigenvalue weighted by molar-refractivity contribution is -0.153. The largest absolute Gasteiger partial charge is 0.490 e. The Morgan fingerprint density at radius 2 is 1.95 bits per heavy atom. The predicted molar refractivity (Wildman–Crippen MR) is 71.1 cm³/mol. The minimum Gasteiger partial charge on any atom is -0.472 e. The highest BCUT2D eigenvalue weighted by Gasteiger charge is 2.39. The molecule has 0 spiro atoms. The molecule has 1 saturated carbocycles. The second-order valence-corrected chi connectivity index (χ2v) is 5.98. The Bertz CT molecular complexity index is 498. The summed E-state index contributed by atoms with van der Waals surface area (Å²) in [5.74, 6) is -2.19. The van der Waals surface area contributed by atoms with Crippen molar-refractivity contribution in [1.29, 1.82) is 5.53 Å². The van der Waals surface area contributed by atoms with Crippen LogP contribution in [0.1, 0.15) is 40.0 Å². The summed E-state index contributed by atoms with van der Waals surface area (Å²) in [5, 5.41) is 11.4. The number of ketones is 1. The van der Waals surface area contributed by atoms with Crippen molar-refractivity contribution in [2.75, 3.05) is 0 Å². The number of Topliss-reactive ketones (excluding diaryl/α,β-unsaturated/α-hetero) is 1. The summed E-state index contributed by atoms with van der Waals surface area (Å²) in [4.78, 5) is 37.0. The number of nitrogens with zero attached hydrogens (tertiary/aromatic N) is 1. The van der Waals surface area contributed by atoms with Crippen molar-refractivity contribution in [3.05, 3.63) is 0 Å². The molecule has 1 atom stereocenters. The van der Waals surface area contributed by atoms with Gasteiger partial charge in [-0.3, -0.25) is 4.79 Å². The number of carbonyl (C=O) groups excluding carboxylic acids is 2. The highest BCUT2D eigenvalue weighted by molar-refractivity contribution is 6.61. The fraction of sp³-hybridized carbons (Fsp3) is 0.692. The van der Waals surface area contributed by atoms with E-state index in [0.717, 1.165) is 12.8 Å². The van der Waals surface area contributed by atoms with Crippen LogP contribution in [0.15, 0.2) is 0 Å². The van der Waals surface area contributed by atoms with E-state index in [1.54, 1.807) is 20.8 Å². The first kappa shape index (κ1) is 16.8. The SMILES string of the molecule is CC(C)(C)OC(=O)NC(CC(=O)C(=[N+]=N)C(=O)O)C1CC1. The van der Waals surface area contributed by atoms with Crippen molar-refractivity contribution >= 4 is 23.6 Å². The molecular formula is C13H20N3O5+. The zero-order chi connectivity index (χ0) is 16.2. The number of hydrogen-bond donors (Lipinski definition) is 3. The monoisotopic (exact) mass is 298 g/mol. The summed E-state index contributed by atoms with van der Waals surface area (Å²) in [5.41, 5.74) is 5.24.